The molecule has 3 rings (SSSR count). The summed E-state index contributed by atoms with van der Waals surface area (Å²) in [6.07, 6.45) is 2.82. The van der Waals surface area contributed by atoms with E-state index in [0.717, 1.165) is 17.0 Å². The lowest BCUT2D eigenvalue weighted by Crippen LogP contribution is -2.51. The number of nitrogens with zero attached hydrogens (tertiary/aromatic N) is 2. The van der Waals surface area contributed by atoms with Crippen molar-refractivity contribution in [3.8, 4) is 0 Å². The normalized spacial score (nSPS) is 17.2. The Morgan fingerprint density at radius 2 is 2.07 bits per heavy atom. The number of ether oxygens (including phenoxy) is 1. The van der Waals surface area contributed by atoms with E-state index in [0.29, 0.717) is 24.4 Å². The summed E-state index contributed by atoms with van der Waals surface area (Å²) in [7, 11) is 1.33. The lowest BCUT2D eigenvalue weighted by atomic mass is 9.96. The van der Waals surface area contributed by atoms with Gasteiger partial charge in [0.15, 0.2) is 0 Å². The molecule has 2 heterocycles. The fraction of sp³-hybridized carbons (Fsp3) is 0.450. The van der Waals surface area contributed by atoms with Gasteiger partial charge in [-0.3, -0.25) is 0 Å². The summed E-state index contributed by atoms with van der Waals surface area (Å²) in [4.78, 5) is 34.6. The molecule has 0 radical (unpaired) electrons. The summed E-state index contributed by atoms with van der Waals surface area (Å²) in [5.74, 6) is -0.210. The molecule has 1 aromatic carbocycles. The number of urea groups is 1. The standard InChI is InChI=1S/C20H25ClN4O3/c1-12(2)10-16(19(26)28-3)24-20(27)25-9-8-15-17(23-11-22-15)18(25)13-4-6-14(21)7-5-13/h4-7,11-12,16,18H,8-10H2,1-3H3,(H,22,23)(H,24,27)/t16-,18+/m1/s1. The third kappa shape index (κ3) is 4.30. The van der Waals surface area contributed by atoms with E-state index in [4.69, 9.17) is 16.3 Å². The zero-order valence-electron chi connectivity index (χ0n) is 16.2. The van der Waals surface area contributed by atoms with Gasteiger partial charge in [0.2, 0.25) is 0 Å². The topological polar surface area (TPSA) is 87.3 Å². The molecule has 0 bridgehead atoms. The fourth-order valence-electron chi connectivity index (χ4n) is 3.54. The maximum atomic E-state index is 13.1. The van der Waals surface area contributed by atoms with Crippen molar-refractivity contribution < 1.29 is 14.3 Å². The minimum absolute atomic E-state index is 0.232. The molecule has 0 saturated carbocycles. The second kappa shape index (κ2) is 8.65. The highest BCUT2D eigenvalue weighted by atomic mass is 35.5. The number of nitrogens with one attached hydrogen (secondary N) is 2. The molecule has 2 amide bonds. The number of methoxy groups -OCH3 is 1. The van der Waals surface area contributed by atoms with Crippen molar-refractivity contribution in [3.05, 3.63) is 52.6 Å². The van der Waals surface area contributed by atoms with Gasteiger partial charge in [-0.25, -0.2) is 14.6 Å². The quantitative estimate of drug-likeness (QED) is 0.748. The Bertz CT molecular complexity index is 834. The van der Waals surface area contributed by atoms with E-state index in [1.54, 1.807) is 23.4 Å². The van der Waals surface area contributed by atoms with Crippen molar-refractivity contribution in [3.63, 3.8) is 0 Å². The second-order valence-corrected chi connectivity index (χ2v) is 7.76. The molecule has 0 unspecified atom stereocenters. The van der Waals surface area contributed by atoms with Crippen molar-refractivity contribution in [2.24, 2.45) is 5.92 Å². The molecule has 8 heteroatoms. The number of carbonyl (C=O) groups excluding carboxylic acids is 2. The number of aromatic amines is 1. The van der Waals surface area contributed by atoms with Crippen LogP contribution in [0.3, 0.4) is 0 Å². The maximum Gasteiger partial charge on any atom is 0.328 e. The molecule has 0 aliphatic carbocycles. The van der Waals surface area contributed by atoms with Crippen molar-refractivity contribution in [1.29, 1.82) is 0 Å². The lowest BCUT2D eigenvalue weighted by Gasteiger charge is -2.36. The van der Waals surface area contributed by atoms with E-state index in [2.05, 4.69) is 15.3 Å². The third-order valence-corrected chi connectivity index (χ3v) is 5.11. The first kappa shape index (κ1) is 20.2. The van der Waals surface area contributed by atoms with E-state index in [9.17, 15) is 9.59 Å². The zero-order valence-corrected chi connectivity index (χ0v) is 17.0. The van der Waals surface area contributed by atoms with Gasteiger partial charge in [0.25, 0.3) is 0 Å². The molecular formula is C20H25ClN4O3. The zero-order chi connectivity index (χ0) is 20.3. The number of hydrogen-bond donors (Lipinski definition) is 2. The first-order valence-electron chi connectivity index (χ1n) is 9.33. The average molecular weight is 405 g/mol. The predicted octanol–water partition coefficient (Wildman–Crippen LogP) is 3.31. The van der Waals surface area contributed by atoms with E-state index in [1.165, 1.54) is 7.11 Å². The molecule has 150 valence electrons. The number of hydrogen-bond acceptors (Lipinski definition) is 4. The number of carbonyl (C=O) groups is 2. The Morgan fingerprint density at radius 1 is 1.36 bits per heavy atom. The van der Waals surface area contributed by atoms with Crippen LogP contribution in [0.2, 0.25) is 5.02 Å². The highest BCUT2D eigenvalue weighted by Gasteiger charge is 2.35. The fourth-order valence-corrected chi connectivity index (χ4v) is 3.66. The molecular weight excluding hydrogens is 380 g/mol. The summed E-state index contributed by atoms with van der Waals surface area (Å²) >= 11 is 6.03. The minimum Gasteiger partial charge on any atom is -0.467 e. The smallest absolute Gasteiger partial charge is 0.328 e. The number of benzene rings is 1. The molecule has 0 fully saturated rings. The number of imidazole rings is 1. The van der Waals surface area contributed by atoms with Gasteiger partial charge in [-0.2, -0.15) is 0 Å². The molecule has 2 N–H and O–H groups in total. The largest absolute Gasteiger partial charge is 0.467 e. The predicted molar refractivity (Wildman–Crippen MR) is 106 cm³/mol. The molecule has 0 saturated heterocycles. The monoisotopic (exact) mass is 404 g/mol. The summed E-state index contributed by atoms with van der Waals surface area (Å²) in [6, 6.07) is 6.01. The van der Waals surface area contributed by atoms with E-state index in [-0.39, 0.29) is 18.0 Å². The van der Waals surface area contributed by atoms with Gasteiger partial charge in [0.1, 0.15) is 12.1 Å². The van der Waals surface area contributed by atoms with Crippen LogP contribution in [-0.4, -0.2) is 46.6 Å². The molecule has 2 atom stereocenters. The van der Waals surface area contributed by atoms with E-state index < -0.39 is 12.0 Å². The first-order valence-corrected chi connectivity index (χ1v) is 9.71. The number of halogens is 1. The van der Waals surface area contributed by atoms with Gasteiger partial charge in [-0.15, -0.1) is 0 Å². The second-order valence-electron chi connectivity index (χ2n) is 7.32. The first-order chi connectivity index (χ1) is 13.4. The number of fused-ring (bicyclic) bond motifs is 1. The molecule has 0 spiro atoms. The molecule has 1 aliphatic rings. The molecule has 7 nitrogen and oxygen atoms in total. The Labute approximate surface area is 169 Å². The third-order valence-electron chi connectivity index (χ3n) is 4.86. The van der Waals surface area contributed by atoms with Gasteiger partial charge in [0, 0.05) is 23.7 Å². The summed E-state index contributed by atoms with van der Waals surface area (Å²) in [6.45, 7) is 4.49. The van der Waals surface area contributed by atoms with Gasteiger partial charge in [0.05, 0.1) is 19.1 Å². The van der Waals surface area contributed by atoms with Crippen LogP contribution in [0.15, 0.2) is 30.6 Å². The van der Waals surface area contributed by atoms with Crippen molar-refractivity contribution in [2.45, 2.75) is 38.8 Å². The van der Waals surface area contributed by atoms with Crippen LogP contribution in [0.5, 0.6) is 0 Å². The van der Waals surface area contributed by atoms with Crippen LogP contribution in [0.1, 0.15) is 43.3 Å². The molecule has 2 aromatic rings. The van der Waals surface area contributed by atoms with Gasteiger partial charge >= 0.3 is 12.0 Å². The average Bonchev–Trinajstić information content (AvgIpc) is 3.15. The Balaban J connectivity index is 1.89. The summed E-state index contributed by atoms with van der Waals surface area (Å²) in [5, 5.41) is 3.48. The van der Waals surface area contributed by atoms with Crippen molar-refractivity contribution in [2.75, 3.05) is 13.7 Å². The summed E-state index contributed by atoms with van der Waals surface area (Å²) in [5.41, 5.74) is 2.73. The number of amides is 2. The van der Waals surface area contributed by atoms with Crippen LogP contribution in [-0.2, 0) is 16.0 Å². The Morgan fingerprint density at radius 3 is 2.71 bits per heavy atom. The van der Waals surface area contributed by atoms with Crippen LogP contribution < -0.4 is 5.32 Å². The van der Waals surface area contributed by atoms with E-state index >= 15 is 0 Å². The molecule has 28 heavy (non-hydrogen) atoms. The van der Waals surface area contributed by atoms with Crippen LogP contribution >= 0.6 is 11.6 Å². The van der Waals surface area contributed by atoms with Crippen LogP contribution in [0.4, 0.5) is 4.79 Å². The number of H-pyrrole nitrogens is 1. The van der Waals surface area contributed by atoms with Gasteiger partial charge in [-0.05, 0) is 30.0 Å². The van der Waals surface area contributed by atoms with Crippen LogP contribution in [0.25, 0.3) is 0 Å². The molecule has 1 aromatic heterocycles. The van der Waals surface area contributed by atoms with E-state index in [1.807, 2.05) is 26.0 Å². The highest BCUT2D eigenvalue weighted by Crippen LogP contribution is 2.34. The summed E-state index contributed by atoms with van der Waals surface area (Å²) < 4.78 is 4.87. The van der Waals surface area contributed by atoms with Crippen LogP contribution in [0, 0.1) is 5.92 Å². The van der Waals surface area contributed by atoms with Gasteiger partial charge < -0.3 is 19.9 Å². The lowest BCUT2D eigenvalue weighted by molar-refractivity contribution is -0.143. The van der Waals surface area contributed by atoms with Gasteiger partial charge in [-0.1, -0.05) is 37.6 Å². The highest BCUT2D eigenvalue weighted by molar-refractivity contribution is 6.30. The van der Waals surface area contributed by atoms with Crippen molar-refractivity contribution >= 4 is 23.6 Å². The number of esters is 1. The number of aromatic nitrogens is 2. The maximum absolute atomic E-state index is 13.1. The minimum atomic E-state index is -0.691. The Hall–Kier alpha value is -2.54. The SMILES string of the molecule is COC(=O)[C@@H](CC(C)C)NC(=O)N1CCc2[nH]cnc2[C@@H]1c1ccc(Cl)cc1. The Kier molecular flexibility index (Phi) is 6.24. The molecule has 1 aliphatic heterocycles. The number of rotatable bonds is 5. The van der Waals surface area contributed by atoms with Crippen molar-refractivity contribution in [1.82, 2.24) is 20.2 Å².